The Morgan fingerprint density at radius 1 is 1.13 bits per heavy atom. The Morgan fingerprint density at radius 2 is 1.96 bits per heavy atom. The smallest absolute Gasteiger partial charge is 0.257 e. The first-order valence-electron chi connectivity index (χ1n) is 8.15. The molecule has 0 radical (unpaired) electrons. The maximum Gasteiger partial charge on any atom is 0.257 e. The van der Waals surface area contributed by atoms with E-state index in [0.29, 0.717) is 12.5 Å². The summed E-state index contributed by atoms with van der Waals surface area (Å²) in [6.07, 6.45) is 1.63. The summed E-state index contributed by atoms with van der Waals surface area (Å²) in [5.41, 5.74) is 2.47. The molecule has 1 aromatic carbocycles. The van der Waals surface area contributed by atoms with E-state index in [9.17, 15) is 0 Å². The fourth-order valence-electron chi connectivity index (χ4n) is 3.04. The summed E-state index contributed by atoms with van der Waals surface area (Å²) in [7, 11) is 0. The van der Waals surface area contributed by atoms with Crippen molar-refractivity contribution in [3.63, 3.8) is 0 Å². The molecule has 23 heavy (non-hydrogen) atoms. The van der Waals surface area contributed by atoms with Crippen molar-refractivity contribution in [2.45, 2.75) is 12.6 Å². The van der Waals surface area contributed by atoms with Gasteiger partial charge in [-0.05, 0) is 23.3 Å². The van der Waals surface area contributed by atoms with Crippen molar-refractivity contribution in [1.29, 1.82) is 0 Å². The second-order valence-corrected chi connectivity index (χ2v) is 5.99. The van der Waals surface area contributed by atoms with Crippen LogP contribution in [0.2, 0.25) is 0 Å². The average Bonchev–Trinajstić information content (AvgIpc) is 2.63. The fourth-order valence-corrected chi connectivity index (χ4v) is 3.04. The molecule has 0 amide bonds. The number of nitrogens with one attached hydrogen (secondary N) is 1. The lowest BCUT2D eigenvalue weighted by atomic mass is 10.1. The van der Waals surface area contributed by atoms with Gasteiger partial charge in [0.25, 0.3) is 5.88 Å². The molecule has 0 saturated carbocycles. The minimum Gasteiger partial charge on any atom is -0.484 e. The summed E-state index contributed by atoms with van der Waals surface area (Å²) in [5, 5.41) is 3.38. The second-order valence-electron chi connectivity index (χ2n) is 5.99. The molecule has 1 saturated heterocycles. The van der Waals surface area contributed by atoms with E-state index < -0.39 is 0 Å². The molecule has 120 valence electrons. The molecule has 1 N–H and O–H groups in total. The number of aromatic nitrogens is 1. The summed E-state index contributed by atoms with van der Waals surface area (Å²) in [4.78, 5) is 6.71. The third kappa shape index (κ3) is 3.30. The van der Waals surface area contributed by atoms with Crippen molar-refractivity contribution in [3.8, 4) is 11.6 Å². The highest BCUT2D eigenvalue weighted by atomic mass is 16.6. The van der Waals surface area contributed by atoms with Gasteiger partial charge in [0.15, 0.2) is 11.9 Å². The van der Waals surface area contributed by atoms with E-state index in [0.717, 1.165) is 44.0 Å². The Morgan fingerprint density at radius 3 is 2.78 bits per heavy atom. The number of nitrogens with zero attached hydrogens (tertiary/aromatic N) is 2. The van der Waals surface area contributed by atoms with E-state index in [1.165, 1.54) is 5.56 Å². The summed E-state index contributed by atoms with van der Waals surface area (Å²) < 4.78 is 11.7. The van der Waals surface area contributed by atoms with Gasteiger partial charge >= 0.3 is 0 Å². The number of benzene rings is 1. The second kappa shape index (κ2) is 6.56. The van der Waals surface area contributed by atoms with Crippen LogP contribution in [0.4, 0.5) is 0 Å². The molecule has 1 atom stereocenters. The van der Waals surface area contributed by atoms with Gasteiger partial charge in [-0.2, -0.15) is 0 Å². The zero-order valence-corrected chi connectivity index (χ0v) is 13.1. The number of piperazine rings is 1. The molecule has 0 spiro atoms. The van der Waals surface area contributed by atoms with E-state index in [4.69, 9.17) is 9.47 Å². The van der Waals surface area contributed by atoms with Crippen molar-refractivity contribution >= 4 is 0 Å². The first-order valence-corrected chi connectivity index (χ1v) is 8.15. The van der Waals surface area contributed by atoms with Gasteiger partial charge < -0.3 is 14.8 Å². The van der Waals surface area contributed by atoms with Crippen LogP contribution in [-0.2, 0) is 6.54 Å². The van der Waals surface area contributed by atoms with Crippen molar-refractivity contribution in [3.05, 3.63) is 53.7 Å². The van der Waals surface area contributed by atoms with Crippen LogP contribution < -0.4 is 14.8 Å². The van der Waals surface area contributed by atoms with Crippen LogP contribution >= 0.6 is 0 Å². The van der Waals surface area contributed by atoms with Crippen LogP contribution in [0.1, 0.15) is 17.2 Å². The molecule has 1 fully saturated rings. The van der Waals surface area contributed by atoms with Gasteiger partial charge in [-0.25, -0.2) is 4.98 Å². The summed E-state index contributed by atoms with van der Waals surface area (Å²) in [5.74, 6) is 1.30. The quantitative estimate of drug-likeness (QED) is 0.939. The Kier molecular flexibility index (Phi) is 4.13. The molecule has 0 aliphatic carbocycles. The van der Waals surface area contributed by atoms with Gasteiger partial charge in [-0.15, -0.1) is 0 Å². The predicted octanol–water partition coefficient (Wildman–Crippen LogP) is 2.00. The van der Waals surface area contributed by atoms with Gasteiger partial charge in [0.05, 0.1) is 0 Å². The molecule has 2 aliphatic rings. The first-order chi connectivity index (χ1) is 11.4. The molecular formula is C18H21N3O2. The third-order valence-corrected chi connectivity index (χ3v) is 4.35. The van der Waals surface area contributed by atoms with Crippen LogP contribution in [-0.4, -0.2) is 42.7 Å². The zero-order valence-electron chi connectivity index (χ0n) is 13.1. The Labute approximate surface area is 136 Å². The van der Waals surface area contributed by atoms with Gasteiger partial charge in [0, 0.05) is 38.9 Å². The number of rotatable bonds is 3. The van der Waals surface area contributed by atoms with Crippen molar-refractivity contribution in [1.82, 2.24) is 15.2 Å². The van der Waals surface area contributed by atoms with Crippen molar-refractivity contribution < 1.29 is 9.47 Å². The molecule has 3 heterocycles. The highest BCUT2D eigenvalue weighted by Gasteiger charge is 2.23. The summed E-state index contributed by atoms with van der Waals surface area (Å²) >= 11 is 0. The monoisotopic (exact) mass is 311 g/mol. The van der Waals surface area contributed by atoms with Gasteiger partial charge in [-0.1, -0.05) is 24.3 Å². The van der Waals surface area contributed by atoms with Crippen LogP contribution in [0.5, 0.6) is 11.6 Å². The lowest BCUT2D eigenvalue weighted by Crippen LogP contribution is -2.42. The molecule has 2 aliphatic heterocycles. The van der Waals surface area contributed by atoms with Gasteiger partial charge in [-0.3, -0.25) is 4.90 Å². The lowest BCUT2D eigenvalue weighted by Gasteiger charge is -2.28. The number of ether oxygens (including phenoxy) is 2. The van der Waals surface area contributed by atoms with Crippen molar-refractivity contribution in [2.24, 2.45) is 0 Å². The fraction of sp³-hybridized carbons (Fsp3) is 0.389. The van der Waals surface area contributed by atoms with E-state index in [2.05, 4.69) is 39.5 Å². The SMILES string of the molecule is c1cnc2c(c1)OCC(c1ccc(CN3CCNCC3)cc1)O2. The highest BCUT2D eigenvalue weighted by Crippen LogP contribution is 2.33. The number of hydrogen-bond acceptors (Lipinski definition) is 5. The molecule has 5 heteroatoms. The Bertz CT molecular complexity index is 654. The standard InChI is InChI=1S/C18H21N3O2/c1-2-16-18(20-7-1)23-17(13-22-16)15-5-3-14(4-6-15)12-21-10-8-19-9-11-21/h1-7,17,19H,8-13H2. The molecule has 4 rings (SSSR count). The summed E-state index contributed by atoms with van der Waals surface area (Å²) in [6, 6.07) is 12.4. The Balaban J connectivity index is 1.42. The van der Waals surface area contributed by atoms with E-state index in [1.54, 1.807) is 6.20 Å². The van der Waals surface area contributed by atoms with E-state index >= 15 is 0 Å². The van der Waals surface area contributed by atoms with Crippen LogP contribution in [0.15, 0.2) is 42.6 Å². The molecule has 2 aromatic rings. The molecule has 5 nitrogen and oxygen atoms in total. The van der Waals surface area contributed by atoms with Crippen molar-refractivity contribution in [2.75, 3.05) is 32.8 Å². The molecule has 1 unspecified atom stereocenters. The van der Waals surface area contributed by atoms with Gasteiger partial charge in [0.2, 0.25) is 0 Å². The largest absolute Gasteiger partial charge is 0.484 e. The highest BCUT2D eigenvalue weighted by molar-refractivity contribution is 5.35. The number of hydrogen-bond donors (Lipinski definition) is 1. The van der Waals surface area contributed by atoms with Crippen LogP contribution in [0, 0.1) is 0 Å². The first kappa shape index (κ1) is 14.5. The van der Waals surface area contributed by atoms with Gasteiger partial charge in [0.1, 0.15) is 6.61 Å². The predicted molar refractivity (Wildman–Crippen MR) is 87.7 cm³/mol. The van der Waals surface area contributed by atoms with E-state index in [-0.39, 0.29) is 6.10 Å². The van der Waals surface area contributed by atoms with E-state index in [1.807, 2.05) is 12.1 Å². The normalized spacial score (nSPS) is 21.1. The molecule has 1 aromatic heterocycles. The Hall–Kier alpha value is -2.11. The summed E-state index contributed by atoms with van der Waals surface area (Å²) in [6.45, 7) is 5.92. The molecular weight excluding hydrogens is 290 g/mol. The number of fused-ring (bicyclic) bond motifs is 1. The van der Waals surface area contributed by atoms with Crippen LogP contribution in [0.3, 0.4) is 0 Å². The maximum absolute atomic E-state index is 5.95. The lowest BCUT2D eigenvalue weighted by molar-refractivity contribution is 0.0851. The minimum absolute atomic E-state index is 0.0920. The zero-order chi connectivity index (χ0) is 15.5. The average molecular weight is 311 g/mol. The number of pyridine rings is 1. The van der Waals surface area contributed by atoms with Crippen LogP contribution in [0.25, 0.3) is 0 Å². The minimum atomic E-state index is -0.0920. The maximum atomic E-state index is 5.95. The molecule has 0 bridgehead atoms. The third-order valence-electron chi connectivity index (χ3n) is 4.35. The topological polar surface area (TPSA) is 46.6 Å².